The van der Waals surface area contributed by atoms with Crippen molar-refractivity contribution in [3.8, 4) is 0 Å². The number of nitrogens with one attached hydrogen (secondary N) is 2. The van der Waals surface area contributed by atoms with Crippen molar-refractivity contribution >= 4 is 5.91 Å². The Hall–Kier alpha value is -1.33. The molecular formula is C14H25N3O2. The first-order valence-corrected chi connectivity index (χ1v) is 6.76. The van der Waals surface area contributed by atoms with Crippen molar-refractivity contribution in [1.82, 2.24) is 15.2 Å². The van der Waals surface area contributed by atoms with Gasteiger partial charge < -0.3 is 19.9 Å². The highest BCUT2D eigenvalue weighted by molar-refractivity contribution is 5.75. The average molecular weight is 267 g/mol. The van der Waals surface area contributed by atoms with Crippen LogP contribution in [0.1, 0.15) is 26.0 Å². The molecule has 0 aliphatic heterocycles. The Balaban J connectivity index is 2.35. The molecule has 5 heteroatoms. The van der Waals surface area contributed by atoms with Crippen molar-refractivity contribution in [3.05, 3.63) is 24.0 Å². The molecule has 0 aliphatic carbocycles. The van der Waals surface area contributed by atoms with Crippen LogP contribution in [0.3, 0.4) is 0 Å². The van der Waals surface area contributed by atoms with Gasteiger partial charge in [-0.25, -0.2) is 0 Å². The number of rotatable bonds is 9. The minimum Gasteiger partial charge on any atom is -0.385 e. The molecule has 1 aromatic heterocycles. The third-order valence-electron chi connectivity index (χ3n) is 2.78. The highest BCUT2D eigenvalue weighted by Gasteiger charge is 2.06. The van der Waals surface area contributed by atoms with E-state index in [-0.39, 0.29) is 5.91 Å². The Kier molecular flexibility index (Phi) is 7.22. The molecule has 2 N–H and O–H groups in total. The standard InChI is InChI=1S/C14H25N3O2/c1-12(2)16-10-13-6-4-8-17(13)11-14(18)15-7-5-9-19-3/h4,6,8,12,16H,5,7,9-11H2,1-3H3,(H,15,18). The van der Waals surface area contributed by atoms with Crippen LogP contribution in [0.4, 0.5) is 0 Å². The summed E-state index contributed by atoms with van der Waals surface area (Å²) < 4.78 is 6.91. The summed E-state index contributed by atoms with van der Waals surface area (Å²) in [5, 5.41) is 6.24. The number of nitrogens with zero attached hydrogens (tertiary/aromatic N) is 1. The van der Waals surface area contributed by atoms with E-state index in [1.807, 2.05) is 22.9 Å². The largest absolute Gasteiger partial charge is 0.385 e. The van der Waals surface area contributed by atoms with Gasteiger partial charge in [-0.2, -0.15) is 0 Å². The third-order valence-corrected chi connectivity index (χ3v) is 2.78. The zero-order valence-electron chi connectivity index (χ0n) is 12.1. The maximum Gasteiger partial charge on any atom is 0.239 e. The first-order valence-electron chi connectivity index (χ1n) is 6.76. The molecule has 5 nitrogen and oxygen atoms in total. The Labute approximate surface area is 115 Å². The van der Waals surface area contributed by atoms with Crippen molar-refractivity contribution in [1.29, 1.82) is 0 Å². The maximum atomic E-state index is 11.8. The molecule has 0 atom stereocenters. The van der Waals surface area contributed by atoms with Gasteiger partial charge in [0.05, 0.1) is 0 Å². The Morgan fingerprint density at radius 1 is 1.47 bits per heavy atom. The van der Waals surface area contributed by atoms with E-state index in [1.165, 1.54) is 0 Å². The van der Waals surface area contributed by atoms with Crippen LogP contribution < -0.4 is 10.6 Å². The minimum atomic E-state index is 0.0399. The number of hydrogen-bond donors (Lipinski definition) is 2. The summed E-state index contributed by atoms with van der Waals surface area (Å²) in [4.78, 5) is 11.8. The molecule has 1 amide bonds. The number of methoxy groups -OCH3 is 1. The molecule has 0 saturated heterocycles. The van der Waals surface area contributed by atoms with Crippen LogP contribution in [0, 0.1) is 0 Å². The first-order chi connectivity index (χ1) is 9.13. The zero-order valence-corrected chi connectivity index (χ0v) is 12.1. The second-order valence-electron chi connectivity index (χ2n) is 4.86. The van der Waals surface area contributed by atoms with Crippen molar-refractivity contribution in [2.75, 3.05) is 20.3 Å². The molecule has 0 saturated carbocycles. The van der Waals surface area contributed by atoms with Crippen LogP contribution in [0.15, 0.2) is 18.3 Å². The molecule has 1 aromatic rings. The van der Waals surface area contributed by atoms with Crippen LogP contribution in [-0.2, 0) is 22.6 Å². The fourth-order valence-electron chi connectivity index (χ4n) is 1.73. The summed E-state index contributed by atoms with van der Waals surface area (Å²) in [6.07, 6.45) is 2.78. The van der Waals surface area contributed by atoms with Crippen molar-refractivity contribution < 1.29 is 9.53 Å². The lowest BCUT2D eigenvalue weighted by Crippen LogP contribution is -2.30. The second-order valence-corrected chi connectivity index (χ2v) is 4.86. The number of aromatic nitrogens is 1. The van der Waals surface area contributed by atoms with Gasteiger partial charge >= 0.3 is 0 Å². The van der Waals surface area contributed by atoms with Crippen LogP contribution in [0.25, 0.3) is 0 Å². The number of carbonyl (C=O) groups excluding carboxylic acids is 1. The van der Waals surface area contributed by atoms with Gasteiger partial charge in [0, 0.05) is 44.7 Å². The molecule has 0 unspecified atom stereocenters. The van der Waals surface area contributed by atoms with Gasteiger partial charge in [-0.3, -0.25) is 4.79 Å². The van der Waals surface area contributed by atoms with Gasteiger partial charge in [-0.15, -0.1) is 0 Å². The van der Waals surface area contributed by atoms with Crippen LogP contribution in [0.5, 0.6) is 0 Å². The molecule has 1 heterocycles. The van der Waals surface area contributed by atoms with Crippen molar-refractivity contribution in [2.45, 2.75) is 39.4 Å². The Morgan fingerprint density at radius 3 is 2.95 bits per heavy atom. The number of ether oxygens (including phenoxy) is 1. The summed E-state index contributed by atoms with van der Waals surface area (Å²) in [6.45, 7) is 6.70. The fraction of sp³-hybridized carbons (Fsp3) is 0.643. The van der Waals surface area contributed by atoms with E-state index in [9.17, 15) is 4.79 Å². The molecule has 0 bridgehead atoms. The lowest BCUT2D eigenvalue weighted by atomic mass is 10.3. The SMILES string of the molecule is COCCCNC(=O)Cn1cccc1CNC(C)C. The first kappa shape index (κ1) is 15.7. The van der Waals surface area contributed by atoms with E-state index in [4.69, 9.17) is 4.74 Å². The molecule has 19 heavy (non-hydrogen) atoms. The molecule has 108 valence electrons. The Morgan fingerprint density at radius 2 is 2.26 bits per heavy atom. The summed E-state index contributed by atoms with van der Waals surface area (Å²) >= 11 is 0. The van der Waals surface area contributed by atoms with Gasteiger partial charge in [-0.1, -0.05) is 13.8 Å². The maximum absolute atomic E-state index is 11.8. The van der Waals surface area contributed by atoms with Crippen molar-refractivity contribution in [2.24, 2.45) is 0 Å². The number of carbonyl (C=O) groups is 1. The van der Waals surface area contributed by atoms with E-state index in [0.717, 1.165) is 18.7 Å². The summed E-state index contributed by atoms with van der Waals surface area (Å²) in [5.41, 5.74) is 1.13. The highest BCUT2D eigenvalue weighted by atomic mass is 16.5. The number of amides is 1. The summed E-state index contributed by atoms with van der Waals surface area (Å²) in [6, 6.07) is 4.44. The Bertz CT molecular complexity index is 375. The van der Waals surface area contributed by atoms with E-state index in [1.54, 1.807) is 7.11 Å². The lowest BCUT2D eigenvalue weighted by molar-refractivity contribution is -0.121. The van der Waals surface area contributed by atoms with Gasteiger partial charge in [0.1, 0.15) is 6.54 Å². The van der Waals surface area contributed by atoms with Gasteiger partial charge in [0.15, 0.2) is 0 Å². The van der Waals surface area contributed by atoms with E-state index in [2.05, 4.69) is 24.5 Å². The zero-order chi connectivity index (χ0) is 14.1. The summed E-state index contributed by atoms with van der Waals surface area (Å²) in [7, 11) is 1.66. The van der Waals surface area contributed by atoms with Crippen LogP contribution >= 0.6 is 0 Å². The molecule has 0 radical (unpaired) electrons. The monoisotopic (exact) mass is 267 g/mol. The third kappa shape index (κ3) is 6.40. The fourth-order valence-corrected chi connectivity index (χ4v) is 1.73. The highest BCUT2D eigenvalue weighted by Crippen LogP contribution is 2.02. The molecular weight excluding hydrogens is 242 g/mol. The molecule has 1 rings (SSSR count). The quantitative estimate of drug-likeness (QED) is 0.660. The molecule has 0 spiro atoms. The smallest absolute Gasteiger partial charge is 0.239 e. The average Bonchev–Trinajstić information content (AvgIpc) is 2.79. The van der Waals surface area contributed by atoms with Crippen LogP contribution in [-0.4, -0.2) is 36.8 Å². The lowest BCUT2D eigenvalue weighted by Gasteiger charge is -2.12. The molecule has 0 aliphatic rings. The molecule has 0 fully saturated rings. The summed E-state index contributed by atoms with van der Waals surface area (Å²) in [5.74, 6) is 0.0399. The van der Waals surface area contributed by atoms with Crippen LogP contribution in [0.2, 0.25) is 0 Å². The van der Waals surface area contributed by atoms with E-state index < -0.39 is 0 Å². The second kappa shape index (κ2) is 8.72. The van der Waals surface area contributed by atoms with E-state index >= 15 is 0 Å². The topological polar surface area (TPSA) is 55.3 Å². The van der Waals surface area contributed by atoms with Crippen molar-refractivity contribution in [3.63, 3.8) is 0 Å². The predicted octanol–water partition coefficient (Wildman–Crippen LogP) is 1.14. The normalized spacial score (nSPS) is 10.9. The minimum absolute atomic E-state index is 0.0399. The molecule has 0 aromatic carbocycles. The van der Waals surface area contributed by atoms with Gasteiger partial charge in [0.25, 0.3) is 0 Å². The van der Waals surface area contributed by atoms with Gasteiger partial charge in [-0.05, 0) is 18.6 Å². The van der Waals surface area contributed by atoms with E-state index in [0.29, 0.717) is 25.7 Å². The predicted molar refractivity (Wildman–Crippen MR) is 75.9 cm³/mol. The van der Waals surface area contributed by atoms with Gasteiger partial charge in [0.2, 0.25) is 5.91 Å². The number of hydrogen-bond acceptors (Lipinski definition) is 3.